The molecule has 0 aliphatic carbocycles. The summed E-state index contributed by atoms with van der Waals surface area (Å²) in [4.78, 5) is 12.0. The van der Waals surface area contributed by atoms with Crippen molar-refractivity contribution < 1.29 is 14.6 Å². The minimum Gasteiger partial charge on any atom is -0.508 e. The molecule has 0 aliphatic heterocycles. The number of carbonyl (C=O) groups excluding carboxylic acids is 1. The minimum absolute atomic E-state index is 0.0478. The lowest BCUT2D eigenvalue weighted by molar-refractivity contribution is -0.145. The molecule has 0 bridgehead atoms. The normalized spacial score (nSPS) is 13.3. The van der Waals surface area contributed by atoms with Crippen molar-refractivity contribution >= 4 is 5.97 Å². The van der Waals surface area contributed by atoms with Crippen LogP contribution >= 0.6 is 0 Å². The zero-order chi connectivity index (χ0) is 15.3. The predicted molar refractivity (Wildman–Crippen MR) is 80.7 cm³/mol. The zero-order valence-electron chi connectivity index (χ0n) is 13.1. The summed E-state index contributed by atoms with van der Waals surface area (Å²) in [5.74, 6) is 0.499. The van der Waals surface area contributed by atoms with Gasteiger partial charge in [-0.05, 0) is 34.9 Å². The molecule has 0 amide bonds. The Labute approximate surface area is 122 Å². The molecule has 1 aromatic carbocycles. The van der Waals surface area contributed by atoms with Gasteiger partial charge in [0, 0.05) is 0 Å². The van der Waals surface area contributed by atoms with Gasteiger partial charge in [-0.15, -0.1) is 0 Å². The molecule has 1 N–H and O–H groups in total. The Morgan fingerprint density at radius 2 is 1.75 bits per heavy atom. The molecule has 112 valence electrons. The van der Waals surface area contributed by atoms with E-state index in [1.807, 2.05) is 26.0 Å². The van der Waals surface area contributed by atoms with E-state index in [9.17, 15) is 9.90 Å². The quantitative estimate of drug-likeness (QED) is 0.824. The van der Waals surface area contributed by atoms with Crippen LogP contribution in [-0.2, 0) is 9.53 Å². The Kier molecular flexibility index (Phi) is 5.61. The molecule has 0 saturated carbocycles. The van der Waals surface area contributed by atoms with Crippen molar-refractivity contribution in [2.75, 3.05) is 6.61 Å². The molecule has 0 fully saturated rings. The average molecular weight is 278 g/mol. The largest absolute Gasteiger partial charge is 0.508 e. The molecule has 0 spiro atoms. The van der Waals surface area contributed by atoms with E-state index < -0.39 is 0 Å². The summed E-state index contributed by atoms with van der Waals surface area (Å²) >= 11 is 0. The van der Waals surface area contributed by atoms with Crippen LogP contribution in [0.4, 0.5) is 0 Å². The molecule has 0 radical (unpaired) electrons. The van der Waals surface area contributed by atoms with Crippen LogP contribution in [0, 0.1) is 11.3 Å². The first-order valence-corrected chi connectivity index (χ1v) is 7.14. The summed E-state index contributed by atoms with van der Waals surface area (Å²) in [6.45, 7) is 10.8. The maximum atomic E-state index is 12.0. The van der Waals surface area contributed by atoms with Gasteiger partial charge < -0.3 is 9.84 Å². The molecule has 1 atom stereocenters. The Morgan fingerprint density at radius 3 is 2.20 bits per heavy atom. The van der Waals surface area contributed by atoms with E-state index in [4.69, 9.17) is 4.74 Å². The van der Waals surface area contributed by atoms with Gasteiger partial charge in [0.15, 0.2) is 0 Å². The lowest BCUT2D eigenvalue weighted by Gasteiger charge is -2.30. The van der Waals surface area contributed by atoms with Crippen molar-refractivity contribution in [2.24, 2.45) is 11.3 Å². The second-order valence-corrected chi connectivity index (χ2v) is 6.79. The van der Waals surface area contributed by atoms with E-state index in [1.165, 1.54) is 0 Å². The molecule has 3 heteroatoms. The third-order valence-corrected chi connectivity index (χ3v) is 3.29. The van der Waals surface area contributed by atoms with Gasteiger partial charge in [0.25, 0.3) is 0 Å². The van der Waals surface area contributed by atoms with E-state index in [-0.39, 0.29) is 23.1 Å². The van der Waals surface area contributed by atoms with Crippen LogP contribution in [0.2, 0.25) is 0 Å². The van der Waals surface area contributed by atoms with E-state index in [2.05, 4.69) is 20.8 Å². The van der Waals surface area contributed by atoms with Crippen LogP contribution in [0.15, 0.2) is 24.3 Å². The molecule has 0 aliphatic rings. The standard InChI is InChI=1S/C17H26O3/c1-12(2)11-20-16(19)10-15(17(3,4)5)13-6-8-14(18)9-7-13/h6-9,12,15,18H,10-11H2,1-5H3. The van der Waals surface area contributed by atoms with Crippen molar-refractivity contribution in [2.45, 2.75) is 47.0 Å². The van der Waals surface area contributed by atoms with Crippen LogP contribution < -0.4 is 0 Å². The maximum Gasteiger partial charge on any atom is 0.306 e. The number of rotatable bonds is 5. The fraction of sp³-hybridized carbons (Fsp3) is 0.588. The van der Waals surface area contributed by atoms with Gasteiger partial charge in [0.1, 0.15) is 5.75 Å². The third-order valence-electron chi connectivity index (χ3n) is 3.29. The number of ether oxygens (including phenoxy) is 1. The predicted octanol–water partition coefficient (Wildman–Crippen LogP) is 4.11. The first-order chi connectivity index (χ1) is 9.20. The van der Waals surface area contributed by atoms with E-state index >= 15 is 0 Å². The minimum atomic E-state index is -0.160. The smallest absolute Gasteiger partial charge is 0.306 e. The van der Waals surface area contributed by atoms with Crippen molar-refractivity contribution in [3.63, 3.8) is 0 Å². The second-order valence-electron chi connectivity index (χ2n) is 6.79. The molecule has 0 heterocycles. The number of phenols is 1. The number of benzene rings is 1. The number of hydrogen-bond donors (Lipinski definition) is 1. The Bertz CT molecular complexity index is 427. The van der Waals surface area contributed by atoms with Crippen LogP contribution in [-0.4, -0.2) is 17.7 Å². The third kappa shape index (κ3) is 5.24. The summed E-state index contributed by atoms with van der Waals surface area (Å²) < 4.78 is 5.29. The number of aromatic hydroxyl groups is 1. The van der Waals surface area contributed by atoms with Crippen molar-refractivity contribution in [3.05, 3.63) is 29.8 Å². The summed E-state index contributed by atoms with van der Waals surface area (Å²) in [5, 5.41) is 9.38. The van der Waals surface area contributed by atoms with Gasteiger partial charge >= 0.3 is 5.97 Å². The molecule has 1 aromatic rings. The first kappa shape index (κ1) is 16.5. The summed E-state index contributed by atoms with van der Waals surface area (Å²) in [6.07, 6.45) is 0.362. The van der Waals surface area contributed by atoms with Crippen molar-refractivity contribution in [1.29, 1.82) is 0 Å². The molecule has 1 rings (SSSR count). The fourth-order valence-electron chi connectivity index (χ4n) is 2.12. The van der Waals surface area contributed by atoms with Crippen LogP contribution in [0.5, 0.6) is 5.75 Å². The number of phenolic OH excluding ortho intramolecular Hbond substituents is 1. The number of esters is 1. The van der Waals surface area contributed by atoms with Crippen LogP contribution in [0.3, 0.4) is 0 Å². The van der Waals surface area contributed by atoms with E-state index in [0.29, 0.717) is 18.9 Å². The molecule has 0 aromatic heterocycles. The molecular weight excluding hydrogens is 252 g/mol. The van der Waals surface area contributed by atoms with Gasteiger partial charge in [-0.3, -0.25) is 4.79 Å². The Morgan fingerprint density at radius 1 is 1.20 bits per heavy atom. The fourth-order valence-corrected chi connectivity index (χ4v) is 2.12. The number of carbonyl (C=O) groups is 1. The van der Waals surface area contributed by atoms with Crippen molar-refractivity contribution in [1.82, 2.24) is 0 Å². The molecule has 0 saturated heterocycles. The lowest BCUT2D eigenvalue weighted by atomic mass is 9.74. The first-order valence-electron chi connectivity index (χ1n) is 7.14. The van der Waals surface area contributed by atoms with Gasteiger partial charge in [-0.2, -0.15) is 0 Å². The van der Waals surface area contributed by atoms with Gasteiger partial charge in [0.05, 0.1) is 13.0 Å². The lowest BCUT2D eigenvalue weighted by Crippen LogP contribution is -2.23. The SMILES string of the molecule is CC(C)COC(=O)CC(c1ccc(O)cc1)C(C)(C)C. The highest BCUT2D eigenvalue weighted by molar-refractivity contribution is 5.70. The average Bonchev–Trinajstić information content (AvgIpc) is 2.33. The highest BCUT2D eigenvalue weighted by atomic mass is 16.5. The highest BCUT2D eigenvalue weighted by Gasteiger charge is 2.29. The van der Waals surface area contributed by atoms with Gasteiger partial charge in [-0.1, -0.05) is 46.8 Å². The summed E-state index contributed by atoms with van der Waals surface area (Å²) in [6, 6.07) is 7.07. The maximum absolute atomic E-state index is 12.0. The summed E-state index contributed by atoms with van der Waals surface area (Å²) in [5.41, 5.74) is 1.00. The Balaban J connectivity index is 2.81. The molecule has 1 unspecified atom stereocenters. The summed E-state index contributed by atoms with van der Waals surface area (Å²) in [7, 11) is 0. The van der Waals surface area contributed by atoms with Gasteiger partial charge in [0.2, 0.25) is 0 Å². The van der Waals surface area contributed by atoms with Gasteiger partial charge in [-0.25, -0.2) is 0 Å². The van der Waals surface area contributed by atoms with Crippen LogP contribution in [0.1, 0.15) is 52.5 Å². The van der Waals surface area contributed by atoms with E-state index in [0.717, 1.165) is 5.56 Å². The molecular formula is C17H26O3. The highest BCUT2D eigenvalue weighted by Crippen LogP contribution is 2.38. The Hall–Kier alpha value is -1.51. The number of hydrogen-bond acceptors (Lipinski definition) is 3. The van der Waals surface area contributed by atoms with Crippen molar-refractivity contribution in [3.8, 4) is 5.75 Å². The van der Waals surface area contributed by atoms with E-state index in [1.54, 1.807) is 12.1 Å². The topological polar surface area (TPSA) is 46.5 Å². The zero-order valence-corrected chi connectivity index (χ0v) is 13.1. The monoisotopic (exact) mass is 278 g/mol. The second kappa shape index (κ2) is 6.78. The molecule has 3 nitrogen and oxygen atoms in total. The molecule has 20 heavy (non-hydrogen) atoms. The van der Waals surface area contributed by atoms with Crippen LogP contribution in [0.25, 0.3) is 0 Å².